The fourth-order valence-electron chi connectivity index (χ4n) is 4.98. The minimum atomic E-state index is -0.657. The van der Waals surface area contributed by atoms with E-state index < -0.39 is 5.60 Å². The number of fused-ring (bicyclic) bond motifs is 1. The zero-order valence-corrected chi connectivity index (χ0v) is 15.0. The van der Waals surface area contributed by atoms with Crippen LogP contribution in [0, 0.1) is 5.92 Å². The van der Waals surface area contributed by atoms with Crippen LogP contribution >= 0.6 is 0 Å². The molecule has 3 fully saturated rings. The molecule has 2 atom stereocenters. The summed E-state index contributed by atoms with van der Waals surface area (Å²) in [5.74, 6) is 0.725. The van der Waals surface area contributed by atoms with E-state index in [2.05, 4.69) is 30.3 Å². The molecule has 1 aliphatic heterocycles. The van der Waals surface area contributed by atoms with Gasteiger partial charge in [0.25, 0.3) is 5.91 Å². The van der Waals surface area contributed by atoms with Gasteiger partial charge in [0.05, 0.1) is 5.60 Å². The van der Waals surface area contributed by atoms with E-state index in [-0.39, 0.29) is 5.91 Å². The molecule has 1 amide bonds. The van der Waals surface area contributed by atoms with Crippen LogP contribution < -0.4 is 0 Å². The molecule has 0 bridgehead atoms. The molecule has 1 heterocycles. The molecule has 2 unspecified atom stereocenters. The fourth-order valence-corrected chi connectivity index (χ4v) is 4.98. The number of amides is 1. The predicted molar refractivity (Wildman–Crippen MR) is 101 cm³/mol. The number of carbonyl (C=O) groups excluding carboxylic acids is 1. The second kappa shape index (κ2) is 5.68. The van der Waals surface area contributed by atoms with Crippen LogP contribution in [0.25, 0.3) is 0 Å². The van der Waals surface area contributed by atoms with Gasteiger partial charge in [-0.15, -0.1) is 0 Å². The maximum atomic E-state index is 12.9. The smallest absolute Gasteiger partial charge is 0.253 e. The molecular weight excluding hydrogens is 322 g/mol. The Hall–Kier alpha value is -2.13. The molecule has 1 saturated heterocycles. The maximum Gasteiger partial charge on any atom is 0.253 e. The van der Waals surface area contributed by atoms with Crippen LogP contribution in [0.3, 0.4) is 0 Å². The fraction of sp³-hybridized carbons (Fsp3) is 0.435. The Kier molecular flexibility index (Phi) is 3.51. The molecule has 2 aromatic carbocycles. The maximum absolute atomic E-state index is 12.9. The first-order chi connectivity index (χ1) is 12.6. The van der Waals surface area contributed by atoms with E-state index in [1.54, 1.807) is 0 Å². The lowest BCUT2D eigenvalue weighted by Gasteiger charge is -2.37. The lowest BCUT2D eigenvalue weighted by atomic mass is 9.75. The van der Waals surface area contributed by atoms with Crippen LogP contribution in [0.4, 0.5) is 0 Å². The summed E-state index contributed by atoms with van der Waals surface area (Å²) in [5.41, 5.74) is 2.79. The van der Waals surface area contributed by atoms with Crippen molar-refractivity contribution < 1.29 is 9.90 Å². The van der Waals surface area contributed by atoms with Crippen LogP contribution in [0.5, 0.6) is 0 Å². The zero-order chi connectivity index (χ0) is 17.8. The van der Waals surface area contributed by atoms with Gasteiger partial charge in [-0.3, -0.25) is 4.79 Å². The van der Waals surface area contributed by atoms with E-state index in [0.717, 1.165) is 49.9 Å². The van der Waals surface area contributed by atoms with Crippen LogP contribution in [0.15, 0.2) is 54.6 Å². The summed E-state index contributed by atoms with van der Waals surface area (Å²) in [6, 6.07) is 18.4. The van der Waals surface area contributed by atoms with E-state index in [1.807, 2.05) is 29.2 Å². The van der Waals surface area contributed by atoms with Gasteiger partial charge < -0.3 is 10.0 Å². The highest BCUT2D eigenvalue weighted by atomic mass is 16.3. The van der Waals surface area contributed by atoms with Crippen molar-refractivity contribution in [2.75, 3.05) is 13.1 Å². The van der Waals surface area contributed by atoms with Gasteiger partial charge in [-0.25, -0.2) is 0 Å². The molecule has 1 N–H and O–H groups in total. The van der Waals surface area contributed by atoms with Crippen molar-refractivity contribution in [3.05, 3.63) is 71.3 Å². The minimum absolute atomic E-state index is 0.130. The summed E-state index contributed by atoms with van der Waals surface area (Å²) < 4.78 is 0. The first-order valence-electron chi connectivity index (χ1n) is 9.79. The van der Waals surface area contributed by atoms with E-state index in [4.69, 9.17) is 0 Å². The van der Waals surface area contributed by atoms with Gasteiger partial charge in [0.2, 0.25) is 0 Å². The third-order valence-electron chi connectivity index (χ3n) is 6.99. The summed E-state index contributed by atoms with van der Waals surface area (Å²) in [7, 11) is 0. The molecule has 5 rings (SSSR count). The third-order valence-corrected chi connectivity index (χ3v) is 6.99. The second-order valence-corrected chi connectivity index (χ2v) is 8.39. The lowest BCUT2D eigenvalue weighted by molar-refractivity contribution is -0.0388. The van der Waals surface area contributed by atoms with Gasteiger partial charge in [-0.2, -0.15) is 0 Å². The van der Waals surface area contributed by atoms with Crippen LogP contribution in [-0.2, 0) is 11.0 Å². The van der Waals surface area contributed by atoms with Crippen molar-refractivity contribution in [3.8, 4) is 0 Å². The van der Waals surface area contributed by atoms with Gasteiger partial charge in [-0.1, -0.05) is 42.5 Å². The van der Waals surface area contributed by atoms with Gasteiger partial charge in [0, 0.05) is 24.1 Å². The van der Waals surface area contributed by atoms with Crippen LogP contribution in [-0.4, -0.2) is 29.0 Å². The molecule has 26 heavy (non-hydrogen) atoms. The average Bonchev–Trinajstić information content (AvgIpc) is 3.41. The number of likely N-dealkylation sites (tertiary alicyclic amines) is 1. The van der Waals surface area contributed by atoms with Gasteiger partial charge in [0.15, 0.2) is 0 Å². The molecule has 0 radical (unpaired) electrons. The van der Waals surface area contributed by atoms with Crippen molar-refractivity contribution in [1.29, 1.82) is 0 Å². The number of hydrogen-bond donors (Lipinski definition) is 1. The molecule has 134 valence electrons. The Bertz CT molecular complexity index is 825. The van der Waals surface area contributed by atoms with Crippen molar-refractivity contribution in [3.63, 3.8) is 0 Å². The number of benzene rings is 2. The Morgan fingerprint density at radius 2 is 1.69 bits per heavy atom. The summed E-state index contributed by atoms with van der Waals surface area (Å²) in [5, 5.41) is 10.4. The van der Waals surface area contributed by atoms with Crippen LogP contribution in [0.1, 0.15) is 53.6 Å². The van der Waals surface area contributed by atoms with E-state index in [9.17, 15) is 9.90 Å². The predicted octanol–water partition coefficient (Wildman–Crippen LogP) is 3.86. The van der Waals surface area contributed by atoms with Gasteiger partial charge in [-0.05, 0) is 61.3 Å². The molecule has 2 aromatic rings. The van der Waals surface area contributed by atoms with Crippen molar-refractivity contribution in [1.82, 2.24) is 4.90 Å². The third kappa shape index (κ3) is 2.41. The highest BCUT2D eigenvalue weighted by Crippen LogP contribution is 2.59. The molecule has 3 aliphatic rings. The average molecular weight is 347 g/mol. The second-order valence-electron chi connectivity index (χ2n) is 8.39. The van der Waals surface area contributed by atoms with Crippen molar-refractivity contribution in [2.24, 2.45) is 5.92 Å². The Morgan fingerprint density at radius 1 is 0.962 bits per heavy atom. The van der Waals surface area contributed by atoms with Crippen molar-refractivity contribution >= 4 is 5.91 Å². The highest BCUT2D eigenvalue weighted by Gasteiger charge is 2.57. The van der Waals surface area contributed by atoms with Crippen LogP contribution in [0.2, 0.25) is 0 Å². The molecule has 3 nitrogen and oxygen atoms in total. The Labute approximate surface area is 154 Å². The highest BCUT2D eigenvalue weighted by molar-refractivity contribution is 5.94. The molecule has 0 aromatic heterocycles. The number of aliphatic hydroxyl groups is 1. The molecule has 2 aliphatic carbocycles. The zero-order valence-electron chi connectivity index (χ0n) is 15.0. The van der Waals surface area contributed by atoms with Crippen molar-refractivity contribution in [2.45, 2.75) is 43.1 Å². The quantitative estimate of drug-likeness (QED) is 0.916. The molecule has 0 spiro atoms. The first kappa shape index (κ1) is 16.1. The number of rotatable bonds is 3. The lowest BCUT2D eigenvalue weighted by Crippen LogP contribution is -2.40. The topological polar surface area (TPSA) is 40.5 Å². The Balaban J connectivity index is 1.28. The normalized spacial score (nSPS) is 28.8. The van der Waals surface area contributed by atoms with Gasteiger partial charge in [0.1, 0.15) is 0 Å². The van der Waals surface area contributed by atoms with Gasteiger partial charge >= 0.3 is 0 Å². The summed E-state index contributed by atoms with van der Waals surface area (Å²) in [6.07, 6.45) is 5.00. The molecular formula is C23H25NO2. The molecule has 3 heteroatoms. The minimum Gasteiger partial charge on any atom is -0.385 e. The summed E-state index contributed by atoms with van der Waals surface area (Å²) >= 11 is 0. The Morgan fingerprint density at radius 3 is 2.31 bits per heavy atom. The largest absolute Gasteiger partial charge is 0.385 e. The summed E-state index contributed by atoms with van der Waals surface area (Å²) in [6.45, 7) is 1.69. The number of hydrogen-bond acceptors (Lipinski definition) is 2. The molecule has 2 saturated carbocycles. The van der Waals surface area contributed by atoms with E-state index in [0.29, 0.717) is 11.3 Å². The number of carbonyl (C=O) groups is 1. The van der Waals surface area contributed by atoms with E-state index >= 15 is 0 Å². The standard InChI is InChI=1S/C23H25NO2/c25-21(17-7-9-19(10-8-17)23(26)11-4-12-23)24-14-13-22(15-20(22)16-24)18-5-2-1-3-6-18/h1-3,5-10,20,26H,4,11-16H2. The van der Waals surface area contributed by atoms with E-state index in [1.165, 1.54) is 12.0 Å². The number of nitrogens with zero attached hydrogens (tertiary/aromatic N) is 1. The summed E-state index contributed by atoms with van der Waals surface area (Å²) in [4.78, 5) is 14.9. The number of piperidine rings is 1. The first-order valence-corrected chi connectivity index (χ1v) is 9.79. The SMILES string of the molecule is O=C(c1ccc(C2(O)CCC2)cc1)N1CCC2(c3ccccc3)CC2C1. The monoisotopic (exact) mass is 347 g/mol.